The third kappa shape index (κ3) is 4.63. The quantitative estimate of drug-likeness (QED) is 0.669. The monoisotopic (exact) mass is 442 g/mol. The molecule has 0 aliphatic carbocycles. The largest absolute Gasteiger partial charge is 0.324 e. The molecule has 0 aromatic heterocycles. The first-order valence-electron chi connectivity index (χ1n) is 11.7. The van der Waals surface area contributed by atoms with Gasteiger partial charge in [-0.15, -0.1) is 0 Å². The molecule has 1 saturated heterocycles. The minimum atomic E-state index is -0.172. The molecule has 2 aliphatic rings. The van der Waals surface area contributed by atoms with Crippen LogP contribution < -0.4 is 10.2 Å². The summed E-state index contributed by atoms with van der Waals surface area (Å²) in [6.07, 6.45) is 0.305. The lowest BCUT2D eigenvalue weighted by atomic mass is 10.0. The average molecular weight is 443 g/mol. The number of fused-ring (bicyclic) bond motifs is 2. The molecule has 0 radical (unpaired) electrons. The summed E-state index contributed by atoms with van der Waals surface area (Å²) in [5.74, 6) is 0.00116. The number of hydrogen-bond donors (Lipinski definition) is 1. The molecule has 6 heteroatoms. The molecule has 170 valence electrons. The third-order valence-electron chi connectivity index (χ3n) is 6.73. The van der Waals surface area contributed by atoms with Gasteiger partial charge in [0, 0.05) is 45.2 Å². The minimum absolute atomic E-state index is 0.0488. The summed E-state index contributed by atoms with van der Waals surface area (Å²) in [5, 5.41) is 5.52. The Morgan fingerprint density at radius 2 is 1.61 bits per heavy atom. The second-order valence-corrected chi connectivity index (χ2v) is 9.07. The van der Waals surface area contributed by atoms with E-state index in [-0.39, 0.29) is 17.9 Å². The molecule has 2 aliphatic heterocycles. The SMILES string of the molecule is C[C@@H]1CC(=O)Nc2ccccc2N1C(=O)CN1CCN(Cc2cccc3ccccc23)CC1. The molecule has 1 fully saturated rings. The number of carbonyl (C=O) groups is 2. The van der Waals surface area contributed by atoms with Crippen molar-refractivity contribution in [3.05, 3.63) is 72.3 Å². The van der Waals surface area contributed by atoms with Crippen LogP contribution in [0.1, 0.15) is 18.9 Å². The third-order valence-corrected chi connectivity index (χ3v) is 6.73. The zero-order valence-corrected chi connectivity index (χ0v) is 19.0. The van der Waals surface area contributed by atoms with E-state index < -0.39 is 0 Å². The normalized spacial score (nSPS) is 19.7. The Bertz CT molecular complexity index is 1160. The molecule has 0 spiro atoms. The maximum absolute atomic E-state index is 13.3. The van der Waals surface area contributed by atoms with E-state index in [1.165, 1.54) is 16.3 Å². The van der Waals surface area contributed by atoms with Gasteiger partial charge in [-0.1, -0.05) is 54.6 Å². The van der Waals surface area contributed by atoms with Gasteiger partial charge in [0.15, 0.2) is 0 Å². The van der Waals surface area contributed by atoms with Crippen LogP contribution in [0, 0.1) is 0 Å². The van der Waals surface area contributed by atoms with E-state index in [1.54, 1.807) is 4.90 Å². The lowest BCUT2D eigenvalue weighted by Gasteiger charge is -2.36. The molecule has 33 heavy (non-hydrogen) atoms. The highest BCUT2D eigenvalue weighted by atomic mass is 16.2. The smallest absolute Gasteiger partial charge is 0.241 e. The predicted molar refractivity (Wildman–Crippen MR) is 132 cm³/mol. The molecular weight excluding hydrogens is 412 g/mol. The van der Waals surface area contributed by atoms with Crippen LogP contribution in [0.25, 0.3) is 10.8 Å². The second kappa shape index (κ2) is 9.33. The number of amides is 2. The number of nitrogens with one attached hydrogen (secondary N) is 1. The molecule has 0 bridgehead atoms. The molecule has 0 saturated carbocycles. The lowest BCUT2D eigenvalue weighted by Crippen LogP contribution is -2.51. The van der Waals surface area contributed by atoms with E-state index in [4.69, 9.17) is 0 Å². The van der Waals surface area contributed by atoms with E-state index in [0.29, 0.717) is 18.7 Å². The van der Waals surface area contributed by atoms with E-state index in [1.807, 2.05) is 31.2 Å². The standard InChI is InChI=1S/C27H30N4O2/c1-20-17-26(32)28-24-11-4-5-12-25(24)31(20)27(33)19-30-15-13-29(14-16-30)18-22-9-6-8-21-7-2-3-10-23(21)22/h2-12,20H,13-19H2,1H3,(H,28,32)/t20-/m1/s1. The van der Waals surface area contributed by atoms with Gasteiger partial charge in [-0.05, 0) is 35.4 Å². The summed E-state index contributed by atoms with van der Waals surface area (Å²) in [7, 11) is 0. The van der Waals surface area contributed by atoms with Crippen LogP contribution in [0.3, 0.4) is 0 Å². The summed E-state index contributed by atoms with van der Waals surface area (Å²) >= 11 is 0. The van der Waals surface area contributed by atoms with Crippen molar-refractivity contribution in [1.29, 1.82) is 0 Å². The minimum Gasteiger partial charge on any atom is -0.324 e. The summed E-state index contributed by atoms with van der Waals surface area (Å²) in [6.45, 7) is 6.82. The van der Waals surface area contributed by atoms with Crippen LogP contribution in [0.2, 0.25) is 0 Å². The Labute approximate surface area is 194 Å². The van der Waals surface area contributed by atoms with Crippen molar-refractivity contribution in [3.8, 4) is 0 Å². The van der Waals surface area contributed by atoms with Crippen molar-refractivity contribution >= 4 is 34.0 Å². The van der Waals surface area contributed by atoms with Gasteiger partial charge in [-0.3, -0.25) is 19.4 Å². The van der Waals surface area contributed by atoms with Crippen LogP contribution >= 0.6 is 0 Å². The Balaban J connectivity index is 1.22. The number of nitrogens with zero attached hydrogens (tertiary/aromatic N) is 3. The first kappa shape index (κ1) is 21.6. The highest BCUT2D eigenvalue weighted by Crippen LogP contribution is 2.31. The fourth-order valence-electron chi connectivity index (χ4n) is 5.01. The van der Waals surface area contributed by atoms with Crippen molar-refractivity contribution in [3.63, 3.8) is 0 Å². The van der Waals surface area contributed by atoms with E-state index >= 15 is 0 Å². The fourth-order valence-corrected chi connectivity index (χ4v) is 5.01. The zero-order valence-electron chi connectivity index (χ0n) is 19.0. The van der Waals surface area contributed by atoms with Gasteiger partial charge >= 0.3 is 0 Å². The second-order valence-electron chi connectivity index (χ2n) is 9.07. The molecule has 3 aromatic carbocycles. The fraction of sp³-hybridized carbons (Fsp3) is 0.333. The summed E-state index contributed by atoms with van der Waals surface area (Å²) < 4.78 is 0. The first-order chi connectivity index (χ1) is 16.1. The van der Waals surface area contributed by atoms with Crippen molar-refractivity contribution in [2.45, 2.75) is 25.9 Å². The Morgan fingerprint density at radius 1 is 0.909 bits per heavy atom. The maximum atomic E-state index is 13.3. The number of piperazine rings is 1. The van der Waals surface area contributed by atoms with Crippen molar-refractivity contribution in [2.75, 3.05) is 42.9 Å². The van der Waals surface area contributed by atoms with Crippen molar-refractivity contribution in [2.24, 2.45) is 0 Å². The molecule has 3 aromatic rings. The van der Waals surface area contributed by atoms with Crippen molar-refractivity contribution in [1.82, 2.24) is 9.80 Å². The molecule has 2 amide bonds. The number of benzene rings is 3. The topological polar surface area (TPSA) is 55.9 Å². The Hall–Kier alpha value is -3.22. The number of para-hydroxylation sites is 2. The number of rotatable bonds is 4. The summed E-state index contributed by atoms with van der Waals surface area (Å²) in [6, 6.07) is 22.4. The average Bonchev–Trinajstić information content (AvgIpc) is 2.94. The van der Waals surface area contributed by atoms with Gasteiger partial charge in [0.1, 0.15) is 0 Å². The summed E-state index contributed by atoms with van der Waals surface area (Å²) in [4.78, 5) is 32.1. The van der Waals surface area contributed by atoms with Gasteiger partial charge in [-0.2, -0.15) is 0 Å². The van der Waals surface area contributed by atoms with Gasteiger partial charge in [0.05, 0.1) is 17.9 Å². The van der Waals surface area contributed by atoms with E-state index in [9.17, 15) is 9.59 Å². The Morgan fingerprint density at radius 3 is 2.45 bits per heavy atom. The van der Waals surface area contributed by atoms with Gasteiger partial charge in [-0.25, -0.2) is 0 Å². The maximum Gasteiger partial charge on any atom is 0.241 e. The highest BCUT2D eigenvalue weighted by molar-refractivity contribution is 6.04. The van der Waals surface area contributed by atoms with Crippen LogP contribution in [0.5, 0.6) is 0 Å². The molecule has 2 heterocycles. The number of hydrogen-bond acceptors (Lipinski definition) is 4. The summed E-state index contributed by atoms with van der Waals surface area (Å²) in [5.41, 5.74) is 2.85. The zero-order chi connectivity index (χ0) is 22.8. The van der Waals surface area contributed by atoms with E-state index in [2.05, 4.69) is 57.6 Å². The van der Waals surface area contributed by atoms with Crippen LogP contribution in [0.15, 0.2) is 66.7 Å². The van der Waals surface area contributed by atoms with Crippen molar-refractivity contribution < 1.29 is 9.59 Å². The lowest BCUT2D eigenvalue weighted by molar-refractivity contribution is -0.120. The molecule has 5 rings (SSSR count). The van der Waals surface area contributed by atoms with Gasteiger partial charge in [0.25, 0.3) is 0 Å². The van der Waals surface area contributed by atoms with E-state index in [0.717, 1.165) is 38.4 Å². The van der Waals surface area contributed by atoms with Crippen LogP contribution in [0.4, 0.5) is 11.4 Å². The predicted octanol–water partition coefficient (Wildman–Crippen LogP) is 3.72. The van der Waals surface area contributed by atoms with Gasteiger partial charge < -0.3 is 10.2 Å². The molecule has 1 atom stereocenters. The number of carbonyl (C=O) groups excluding carboxylic acids is 2. The van der Waals surface area contributed by atoms with Gasteiger partial charge in [0.2, 0.25) is 11.8 Å². The molecule has 6 nitrogen and oxygen atoms in total. The highest BCUT2D eigenvalue weighted by Gasteiger charge is 2.31. The molecular formula is C27H30N4O2. The molecule has 0 unspecified atom stereocenters. The first-order valence-corrected chi connectivity index (χ1v) is 11.7. The molecule has 1 N–H and O–H groups in total. The van der Waals surface area contributed by atoms with Crippen LogP contribution in [-0.4, -0.2) is 60.4 Å². The number of anilines is 2. The van der Waals surface area contributed by atoms with Crippen LogP contribution in [-0.2, 0) is 16.1 Å². The Kier molecular flexibility index (Phi) is 6.11.